The number of carbonyl (C=O) groups excluding carboxylic acids is 1. The largest absolute Gasteiger partial charge is 0.481 e. The molecule has 5 nitrogen and oxygen atoms in total. The molecule has 1 fully saturated rings. The molecule has 1 aromatic heterocycles. The van der Waals surface area contributed by atoms with Crippen LogP contribution in [0.25, 0.3) is 0 Å². The molecule has 22 heavy (non-hydrogen) atoms. The fraction of sp³-hybridized carbons (Fsp3) is 0.688. The second-order valence-electron chi connectivity index (χ2n) is 6.67. The Labute approximate surface area is 135 Å². The zero-order chi connectivity index (χ0) is 16.5. The number of aliphatic carboxylic acids is 1. The van der Waals surface area contributed by atoms with Gasteiger partial charge in [0.1, 0.15) is 5.01 Å². The van der Waals surface area contributed by atoms with Crippen LogP contribution in [-0.4, -0.2) is 22.0 Å². The van der Waals surface area contributed by atoms with E-state index in [2.05, 4.69) is 10.3 Å². The van der Waals surface area contributed by atoms with Crippen molar-refractivity contribution in [2.45, 2.75) is 58.9 Å². The predicted octanol–water partition coefficient (Wildman–Crippen LogP) is 3.00. The maximum atomic E-state index is 12.5. The number of carbonyl (C=O) groups is 2. The van der Waals surface area contributed by atoms with E-state index in [9.17, 15) is 9.59 Å². The Morgan fingerprint density at radius 1 is 1.27 bits per heavy atom. The van der Waals surface area contributed by atoms with E-state index in [1.807, 2.05) is 27.7 Å². The molecule has 0 aliphatic heterocycles. The van der Waals surface area contributed by atoms with Crippen molar-refractivity contribution in [3.8, 4) is 0 Å². The third-order valence-corrected chi connectivity index (χ3v) is 5.79. The van der Waals surface area contributed by atoms with Gasteiger partial charge in [0.05, 0.1) is 17.2 Å². The second-order valence-corrected chi connectivity index (χ2v) is 7.88. The number of aromatic nitrogens is 1. The van der Waals surface area contributed by atoms with Gasteiger partial charge in [-0.3, -0.25) is 9.59 Å². The first kappa shape index (κ1) is 16.9. The molecule has 2 atom stereocenters. The minimum atomic E-state index is -0.789. The summed E-state index contributed by atoms with van der Waals surface area (Å²) in [5, 5.41) is 13.1. The van der Waals surface area contributed by atoms with E-state index < -0.39 is 17.4 Å². The van der Waals surface area contributed by atoms with Crippen LogP contribution in [0.15, 0.2) is 0 Å². The smallest absolute Gasteiger partial charge is 0.306 e. The van der Waals surface area contributed by atoms with Gasteiger partial charge >= 0.3 is 5.97 Å². The molecule has 1 amide bonds. The number of rotatable bonds is 4. The summed E-state index contributed by atoms with van der Waals surface area (Å²) in [6, 6.07) is 0. The molecule has 0 saturated heterocycles. The molecule has 1 saturated carbocycles. The molecule has 1 aliphatic carbocycles. The number of hydrogen-bond donors (Lipinski definition) is 2. The van der Waals surface area contributed by atoms with Gasteiger partial charge in [0.2, 0.25) is 5.91 Å². The highest BCUT2D eigenvalue weighted by Crippen LogP contribution is 2.32. The highest BCUT2D eigenvalue weighted by Gasteiger charge is 2.34. The SMILES string of the molecule is Cc1nc(C(C)(C)NC(=O)C2CCCC(C(=O)O)C2)sc1C. The third-order valence-electron chi connectivity index (χ3n) is 4.39. The Hall–Kier alpha value is -1.43. The molecule has 6 heteroatoms. The van der Waals surface area contributed by atoms with Crippen LogP contribution in [0.3, 0.4) is 0 Å². The minimum Gasteiger partial charge on any atom is -0.481 e. The van der Waals surface area contributed by atoms with Gasteiger partial charge in [-0.2, -0.15) is 0 Å². The van der Waals surface area contributed by atoms with Crippen LogP contribution in [0, 0.1) is 25.7 Å². The van der Waals surface area contributed by atoms with E-state index in [-0.39, 0.29) is 11.8 Å². The minimum absolute atomic E-state index is 0.0542. The Morgan fingerprint density at radius 2 is 1.91 bits per heavy atom. The van der Waals surface area contributed by atoms with Gasteiger partial charge in [-0.25, -0.2) is 4.98 Å². The van der Waals surface area contributed by atoms with Crippen LogP contribution in [0.2, 0.25) is 0 Å². The maximum Gasteiger partial charge on any atom is 0.306 e. The van der Waals surface area contributed by atoms with Crippen LogP contribution in [0.5, 0.6) is 0 Å². The topological polar surface area (TPSA) is 79.3 Å². The molecule has 2 unspecified atom stereocenters. The average Bonchev–Trinajstić information content (AvgIpc) is 2.79. The van der Waals surface area contributed by atoms with E-state index >= 15 is 0 Å². The first-order valence-electron chi connectivity index (χ1n) is 7.70. The number of carboxylic acids is 1. The first-order valence-corrected chi connectivity index (χ1v) is 8.51. The van der Waals surface area contributed by atoms with Crippen molar-refractivity contribution in [1.82, 2.24) is 10.3 Å². The lowest BCUT2D eigenvalue weighted by molar-refractivity contribution is -0.144. The highest BCUT2D eigenvalue weighted by atomic mass is 32.1. The van der Waals surface area contributed by atoms with Crippen LogP contribution in [0.1, 0.15) is 55.1 Å². The number of aryl methyl sites for hydroxylation is 2. The summed E-state index contributed by atoms with van der Waals surface area (Å²) < 4.78 is 0. The first-order chi connectivity index (χ1) is 10.2. The van der Waals surface area contributed by atoms with Crippen LogP contribution < -0.4 is 5.32 Å². The second kappa shape index (κ2) is 6.36. The molecule has 2 rings (SSSR count). The monoisotopic (exact) mass is 324 g/mol. The molecule has 1 aromatic rings. The van der Waals surface area contributed by atoms with E-state index in [0.717, 1.165) is 28.4 Å². The van der Waals surface area contributed by atoms with Gasteiger partial charge in [0.25, 0.3) is 0 Å². The summed E-state index contributed by atoms with van der Waals surface area (Å²) in [7, 11) is 0. The standard InChI is InChI=1S/C16H24N2O3S/c1-9-10(2)22-15(17-9)16(3,4)18-13(19)11-6-5-7-12(8-11)14(20)21/h11-12H,5-8H2,1-4H3,(H,18,19)(H,20,21). The van der Waals surface area contributed by atoms with Gasteiger partial charge < -0.3 is 10.4 Å². The molecule has 0 aromatic carbocycles. The van der Waals surface area contributed by atoms with E-state index in [0.29, 0.717) is 12.8 Å². The lowest BCUT2D eigenvalue weighted by Crippen LogP contribution is -2.45. The normalized spacial score (nSPS) is 22.4. The Balaban J connectivity index is 2.05. The molecule has 1 heterocycles. The van der Waals surface area contributed by atoms with Crippen molar-refractivity contribution >= 4 is 23.2 Å². The molecule has 0 bridgehead atoms. The summed E-state index contributed by atoms with van der Waals surface area (Å²) >= 11 is 1.60. The van der Waals surface area contributed by atoms with Crippen molar-refractivity contribution in [3.63, 3.8) is 0 Å². The van der Waals surface area contributed by atoms with Crippen LogP contribution in [-0.2, 0) is 15.1 Å². The lowest BCUT2D eigenvalue weighted by Gasteiger charge is -2.30. The quantitative estimate of drug-likeness (QED) is 0.892. The molecular weight excluding hydrogens is 300 g/mol. The number of amides is 1. The molecule has 122 valence electrons. The van der Waals surface area contributed by atoms with Crippen LogP contribution >= 0.6 is 11.3 Å². The number of carboxylic acid groups (broad SMARTS) is 1. The van der Waals surface area contributed by atoms with Crippen molar-refractivity contribution in [3.05, 3.63) is 15.6 Å². The van der Waals surface area contributed by atoms with E-state index in [4.69, 9.17) is 5.11 Å². The predicted molar refractivity (Wildman–Crippen MR) is 85.8 cm³/mol. The fourth-order valence-corrected chi connectivity index (χ4v) is 3.83. The molecule has 0 spiro atoms. The zero-order valence-corrected chi connectivity index (χ0v) is 14.4. The zero-order valence-electron chi connectivity index (χ0n) is 13.6. The molecule has 2 N–H and O–H groups in total. The van der Waals surface area contributed by atoms with Gasteiger partial charge in [-0.1, -0.05) is 6.42 Å². The van der Waals surface area contributed by atoms with E-state index in [1.54, 1.807) is 11.3 Å². The molecule has 0 radical (unpaired) electrons. The molecule has 1 aliphatic rings. The van der Waals surface area contributed by atoms with Gasteiger partial charge in [-0.15, -0.1) is 11.3 Å². The summed E-state index contributed by atoms with van der Waals surface area (Å²) in [4.78, 5) is 29.3. The Kier molecular flexibility index (Phi) is 4.90. The van der Waals surface area contributed by atoms with Crippen molar-refractivity contribution in [2.75, 3.05) is 0 Å². The summed E-state index contributed by atoms with van der Waals surface area (Å²) in [5.74, 6) is -1.45. The van der Waals surface area contributed by atoms with E-state index in [1.165, 1.54) is 0 Å². The van der Waals surface area contributed by atoms with Gasteiger partial charge in [-0.05, 0) is 47.0 Å². The van der Waals surface area contributed by atoms with Gasteiger partial charge in [0.15, 0.2) is 0 Å². The lowest BCUT2D eigenvalue weighted by atomic mass is 9.80. The number of thiazole rings is 1. The number of nitrogens with zero attached hydrogens (tertiary/aromatic N) is 1. The highest BCUT2D eigenvalue weighted by molar-refractivity contribution is 7.11. The molecular formula is C16H24N2O3S. The summed E-state index contributed by atoms with van der Waals surface area (Å²) in [6.07, 6.45) is 2.67. The summed E-state index contributed by atoms with van der Waals surface area (Å²) in [6.45, 7) is 7.87. The fourth-order valence-electron chi connectivity index (χ4n) is 2.86. The summed E-state index contributed by atoms with van der Waals surface area (Å²) in [5.41, 5.74) is 0.461. The number of nitrogens with one attached hydrogen (secondary N) is 1. The van der Waals surface area contributed by atoms with Crippen molar-refractivity contribution < 1.29 is 14.7 Å². The van der Waals surface area contributed by atoms with Gasteiger partial charge in [0, 0.05) is 10.8 Å². The Bertz CT molecular complexity index is 560. The average molecular weight is 324 g/mol. The maximum absolute atomic E-state index is 12.5. The Morgan fingerprint density at radius 3 is 2.45 bits per heavy atom. The van der Waals surface area contributed by atoms with Crippen molar-refractivity contribution in [1.29, 1.82) is 0 Å². The van der Waals surface area contributed by atoms with Crippen LogP contribution in [0.4, 0.5) is 0 Å². The van der Waals surface area contributed by atoms with Crippen molar-refractivity contribution in [2.24, 2.45) is 11.8 Å². The third kappa shape index (κ3) is 3.66. The number of hydrogen-bond acceptors (Lipinski definition) is 4.